The third-order valence-corrected chi connectivity index (χ3v) is 5.74. The third kappa shape index (κ3) is 3.03. The van der Waals surface area contributed by atoms with Gasteiger partial charge in [0.05, 0.1) is 4.90 Å². The summed E-state index contributed by atoms with van der Waals surface area (Å²) in [5.41, 5.74) is 2.17. The smallest absolute Gasteiger partial charge is 0.258 e. The number of nitrogens with zero attached hydrogens (tertiary/aromatic N) is 1. The number of hydrogen-bond donors (Lipinski definition) is 0. The van der Waals surface area contributed by atoms with Gasteiger partial charge in [-0.2, -0.15) is 0 Å². The lowest BCUT2D eigenvalue weighted by molar-refractivity contribution is 0.0984. The molecule has 0 aliphatic carbocycles. The molecule has 0 saturated carbocycles. The van der Waals surface area contributed by atoms with Gasteiger partial charge in [0.25, 0.3) is 5.91 Å². The minimum Gasteiger partial charge on any atom is -0.486 e. The van der Waals surface area contributed by atoms with Gasteiger partial charge in [0.2, 0.25) is 0 Å². The highest BCUT2D eigenvalue weighted by atomic mass is 32.2. The number of ether oxygens (including phenoxy) is 2. The molecule has 1 amide bonds. The van der Waals surface area contributed by atoms with Gasteiger partial charge in [-0.05, 0) is 54.8 Å². The molecule has 0 saturated heterocycles. The molecule has 136 valence electrons. The lowest BCUT2D eigenvalue weighted by atomic mass is 10.0. The van der Waals surface area contributed by atoms with E-state index in [9.17, 15) is 13.2 Å². The van der Waals surface area contributed by atoms with Crippen LogP contribution in [0.25, 0.3) is 0 Å². The molecule has 2 aliphatic rings. The highest BCUT2D eigenvalue weighted by Crippen LogP contribution is 2.34. The molecule has 0 spiro atoms. The Labute approximate surface area is 152 Å². The largest absolute Gasteiger partial charge is 0.486 e. The molecule has 6 nitrogen and oxygen atoms in total. The van der Waals surface area contributed by atoms with Crippen LogP contribution in [0.15, 0.2) is 41.3 Å². The third-order valence-electron chi connectivity index (χ3n) is 4.63. The summed E-state index contributed by atoms with van der Waals surface area (Å²) in [6, 6.07) is 10.1. The first kappa shape index (κ1) is 16.9. The summed E-state index contributed by atoms with van der Waals surface area (Å²) in [6.45, 7) is 1.56. The Morgan fingerprint density at radius 1 is 1.04 bits per heavy atom. The number of carbonyl (C=O) groups is 1. The van der Waals surface area contributed by atoms with Crippen molar-refractivity contribution < 1.29 is 22.7 Å². The van der Waals surface area contributed by atoms with Crippen LogP contribution in [0.5, 0.6) is 11.5 Å². The second-order valence-electron chi connectivity index (χ2n) is 6.48. The zero-order valence-corrected chi connectivity index (χ0v) is 15.2. The molecule has 0 atom stereocenters. The van der Waals surface area contributed by atoms with Crippen molar-refractivity contribution in [3.05, 3.63) is 47.5 Å². The van der Waals surface area contributed by atoms with E-state index in [1.165, 1.54) is 6.26 Å². The normalized spacial score (nSPS) is 16.1. The monoisotopic (exact) mass is 373 g/mol. The summed E-state index contributed by atoms with van der Waals surface area (Å²) in [7, 11) is -3.27. The maximum atomic E-state index is 13.0. The van der Waals surface area contributed by atoms with Gasteiger partial charge >= 0.3 is 0 Å². The molecule has 0 unspecified atom stereocenters. The molecule has 0 aromatic heterocycles. The standard InChI is InChI=1S/C19H19NO5S/c1-26(22,23)15-5-6-16-13(11-15)3-2-8-20(16)19(21)14-4-7-17-18(12-14)25-10-9-24-17/h4-7,11-12H,2-3,8-10H2,1H3. The second kappa shape index (κ2) is 6.32. The fraction of sp³-hybridized carbons (Fsp3) is 0.316. The van der Waals surface area contributed by atoms with E-state index in [0.717, 1.165) is 24.1 Å². The summed E-state index contributed by atoms with van der Waals surface area (Å²) in [4.78, 5) is 15.0. The molecule has 0 bridgehead atoms. The lowest BCUT2D eigenvalue weighted by Crippen LogP contribution is -2.35. The first-order valence-corrected chi connectivity index (χ1v) is 10.4. The number of rotatable bonds is 2. The molecule has 2 aromatic rings. The van der Waals surface area contributed by atoms with Crippen molar-refractivity contribution in [1.29, 1.82) is 0 Å². The first-order valence-electron chi connectivity index (χ1n) is 8.48. The minimum absolute atomic E-state index is 0.130. The Kier molecular flexibility index (Phi) is 4.11. The van der Waals surface area contributed by atoms with E-state index in [2.05, 4.69) is 0 Å². The number of fused-ring (bicyclic) bond motifs is 2. The number of anilines is 1. The molecule has 2 aromatic carbocycles. The van der Waals surface area contributed by atoms with Gasteiger partial charge in [-0.3, -0.25) is 4.79 Å². The summed E-state index contributed by atoms with van der Waals surface area (Å²) in [6.07, 6.45) is 2.73. The summed E-state index contributed by atoms with van der Waals surface area (Å²) in [5, 5.41) is 0. The van der Waals surface area contributed by atoms with Crippen LogP contribution in [0.2, 0.25) is 0 Å². The van der Waals surface area contributed by atoms with Crippen LogP contribution in [0, 0.1) is 0 Å². The van der Waals surface area contributed by atoms with Crippen LogP contribution < -0.4 is 14.4 Å². The molecule has 2 heterocycles. The number of aryl methyl sites for hydroxylation is 1. The van der Waals surface area contributed by atoms with E-state index in [4.69, 9.17) is 9.47 Å². The fourth-order valence-electron chi connectivity index (χ4n) is 3.35. The van der Waals surface area contributed by atoms with Crippen molar-refractivity contribution in [3.63, 3.8) is 0 Å². The zero-order chi connectivity index (χ0) is 18.3. The number of sulfone groups is 1. The molecule has 26 heavy (non-hydrogen) atoms. The van der Waals surface area contributed by atoms with Crippen molar-refractivity contribution in [2.45, 2.75) is 17.7 Å². The van der Waals surface area contributed by atoms with Crippen LogP contribution >= 0.6 is 0 Å². The maximum absolute atomic E-state index is 13.0. The molecular weight excluding hydrogens is 354 g/mol. The molecule has 0 fully saturated rings. The van der Waals surface area contributed by atoms with Gasteiger partial charge in [0.1, 0.15) is 13.2 Å². The van der Waals surface area contributed by atoms with E-state index < -0.39 is 9.84 Å². The van der Waals surface area contributed by atoms with Crippen molar-refractivity contribution >= 4 is 21.4 Å². The van der Waals surface area contributed by atoms with Gasteiger partial charge in [0, 0.05) is 24.1 Å². The molecular formula is C19H19NO5S. The van der Waals surface area contributed by atoms with E-state index >= 15 is 0 Å². The van der Waals surface area contributed by atoms with Crippen LogP contribution in [0.3, 0.4) is 0 Å². The molecule has 2 aliphatic heterocycles. The van der Waals surface area contributed by atoms with Crippen LogP contribution in [-0.4, -0.2) is 40.3 Å². The number of carbonyl (C=O) groups excluding carboxylic acids is 1. The number of benzene rings is 2. The average molecular weight is 373 g/mol. The molecule has 0 N–H and O–H groups in total. The van der Waals surface area contributed by atoms with Crippen LogP contribution in [-0.2, 0) is 16.3 Å². The minimum atomic E-state index is -3.27. The Morgan fingerprint density at radius 3 is 2.58 bits per heavy atom. The highest BCUT2D eigenvalue weighted by molar-refractivity contribution is 7.90. The Balaban J connectivity index is 1.68. The summed E-state index contributed by atoms with van der Waals surface area (Å²) in [5.74, 6) is 1.09. The van der Waals surface area contributed by atoms with E-state index in [0.29, 0.717) is 36.8 Å². The van der Waals surface area contributed by atoms with Crippen LogP contribution in [0.1, 0.15) is 22.3 Å². The van der Waals surface area contributed by atoms with E-state index in [1.54, 1.807) is 41.3 Å². The molecule has 4 rings (SSSR count). The fourth-order valence-corrected chi connectivity index (χ4v) is 4.02. The maximum Gasteiger partial charge on any atom is 0.258 e. The summed E-state index contributed by atoms with van der Waals surface area (Å²) < 4.78 is 34.6. The van der Waals surface area contributed by atoms with E-state index in [-0.39, 0.29) is 10.8 Å². The summed E-state index contributed by atoms with van der Waals surface area (Å²) >= 11 is 0. The predicted molar refractivity (Wildman–Crippen MR) is 97.0 cm³/mol. The average Bonchev–Trinajstić information content (AvgIpc) is 2.65. The van der Waals surface area contributed by atoms with Gasteiger partial charge in [-0.15, -0.1) is 0 Å². The predicted octanol–water partition coefficient (Wildman–Crippen LogP) is 2.45. The first-order chi connectivity index (χ1) is 12.4. The van der Waals surface area contributed by atoms with Crippen molar-refractivity contribution in [1.82, 2.24) is 0 Å². The molecule has 0 radical (unpaired) electrons. The number of amides is 1. The topological polar surface area (TPSA) is 72.9 Å². The zero-order valence-electron chi connectivity index (χ0n) is 14.4. The SMILES string of the molecule is CS(=O)(=O)c1ccc2c(c1)CCCN2C(=O)c1ccc2c(c1)OCCO2. The van der Waals surface area contributed by atoms with Gasteiger partial charge < -0.3 is 14.4 Å². The highest BCUT2D eigenvalue weighted by Gasteiger charge is 2.26. The van der Waals surface area contributed by atoms with Crippen molar-refractivity contribution in [3.8, 4) is 11.5 Å². The van der Waals surface area contributed by atoms with Crippen molar-refractivity contribution in [2.24, 2.45) is 0 Å². The van der Waals surface area contributed by atoms with Gasteiger partial charge in [-0.1, -0.05) is 0 Å². The molecule has 7 heteroatoms. The van der Waals surface area contributed by atoms with Crippen LogP contribution in [0.4, 0.5) is 5.69 Å². The lowest BCUT2D eigenvalue weighted by Gasteiger charge is -2.30. The second-order valence-corrected chi connectivity index (χ2v) is 8.50. The van der Waals surface area contributed by atoms with Crippen molar-refractivity contribution in [2.75, 3.05) is 30.9 Å². The Bertz CT molecular complexity index is 983. The van der Waals surface area contributed by atoms with E-state index in [1.807, 2.05) is 0 Å². The quantitative estimate of drug-likeness (QED) is 0.809. The Morgan fingerprint density at radius 2 is 1.81 bits per heavy atom. The number of hydrogen-bond acceptors (Lipinski definition) is 5. The Hall–Kier alpha value is -2.54. The van der Waals surface area contributed by atoms with Gasteiger partial charge in [-0.25, -0.2) is 8.42 Å². The van der Waals surface area contributed by atoms with Gasteiger partial charge in [0.15, 0.2) is 21.3 Å².